The van der Waals surface area contributed by atoms with E-state index < -0.39 is 10.0 Å². The summed E-state index contributed by atoms with van der Waals surface area (Å²) in [5, 5.41) is 8.60. The number of aliphatic hydroxyl groups is 1. The Morgan fingerprint density at radius 3 is 2.67 bits per heavy atom. The highest BCUT2D eigenvalue weighted by atomic mass is 32.2. The molecule has 0 spiro atoms. The Bertz CT molecular complexity index is 276. The zero-order chi connectivity index (χ0) is 11.3. The lowest BCUT2D eigenvalue weighted by molar-refractivity contribution is 0.287. The van der Waals surface area contributed by atoms with Crippen LogP contribution in [0.15, 0.2) is 0 Å². The predicted octanol–water partition coefficient (Wildman–Crippen LogP) is 0.821. The lowest BCUT2D eigenvalue weighted by atomic mass is 10.1. The van der Waals surface area contributed by atoms with E-state index in [1.165, 1.54) is 0 Å². The third kappa shape index (κ3) is 3.74. The fourth-order valence-corrected chi connectivity index (χ4v) is 3.56. The molecule has 1 aliphatic rings. The van der Waals surface area contributed by atoms with Gasteiger partial charge >= 0.3 is 0 Å². The van der Waals surface area contributed by atoms with Gasteiger partial charge in [0, 0.05) is 19.7 Å². The predicted molar refractivity (Wildman–Crippen MR) is 60.1 cm³/mol. The van der Waals surface area contributed by atoms with Gasteiger partial charge in [-0.05, 0) is 25.2 Å². The van der Waals surface area contributed by atoms with Gasteiger partial charge in [-0.25, -0.2) is 12.7 Å². The summed E-state index contributed by atoms with van der Waals surface area (Å²) in [5.74, 6) is 0.724. The lowest BCUT2D eigenvalue weighted by Crippen LogP contribution is -2.31. The number of hydrogen-bond acceptors (Lipinski definition) is 3. The van der Waals surface area contributed by atoms with Crippen molar-refractivity contribution < 1.29 is 13.5 Å². The average Bonchev–Trinajstić information content (AvgIpc) is 2.66. The van der Waals surface area contributed by atoms with Crippen molar-refractivity contribution in [1.29, 1.82) is 0 Å². The molecule has 0 aromatic heterocycles. The van der Waals surface area contributed by atoms with Crippen LogP contribution in [0, 0.1) is 5.92 Å². The van der Waals surface area contributed by atoms with Crippen molar-refractivity contribution in [3.05, 3.63) is 0 Å². The first kappa shape index (κ1) is 12.9. The van der Waals surface area contributed by atoms with Gasteiger partial charge in [-0.3, -0.25) is 0 Å². The summed E-state index contributed by atoms with van der Waals surface area (Å²) in [7, 11) is -3.05. The van der Waals surface area contributed by atoms with E-state index in [1.54, 1.807) is 4.31 Å². The molecule has 0 amide bonds. The van der Waals surface area contributed by atoms with Crippen LogP contribution in [-0.4, -0.2) is 43.3 Å². The van der Waals surface area contributed by atoms with Gasteiger partial charge in [0.2, 0.25) is 10.0 Å². The number of nitrogens with zero attached hydrogens (tertiary/aromatic N) is 1. The summed E-state index contributed by atoms with van der Waals surface area (Å²) < 4.78 is 25.2. The molecule has 5 heteroatoms. The molecule has 0 aromatic carbocycles. The van der Waals surface area contributed by atoms with Crippen molar-refractivity contribution in [3.63, 3.8) is 0 Å². The third-order valence-corrected chi connectivity index (χ3v) is 4.95. The van der Waals surface area contributed by atoms with Gasteiger partial charge in [-0.2, -0.15) is 0 Å². The summed E-state index contributed by atoms with van der Waals surface area (Å²) in [4.78, 5) is 0. The molecule has 0 bridgehead atoms. The van der Waals surface area contributed by atoms with Crippen molar-refractivity contribution in [2.75, 3.05) is 25.4 Å². The van der Waals surface area contributed by atoms with Crippen molar-refractivity contribution in [3.8, 4) is 0 Å². The van der Waals surface area contributed by atoms with E-state index >= 15 is 0 Å². The maximum atomic E-state index is 11.8. The van der Waals surface area contributed by atoms with E-state index in [4.69, 9.17) is 5.11 Å². The molecule has 15 heavy (non-hydrogen) atoms. The van der Waals surface area contributed by atoms with Gasteiger partial charge in [0.05, 0.1) is 5.75 Å². The van der Waals surface area contributed by atoms with Gasteiger partial charge in [0.15, 0.2) is 0 Å². The van der Waals surface area contributed by atoms with Crippen LogP contribution in [0.2, 0.25) is 0 Å². The number of sulfonamides is 1. The topological polar surface area (TPSA) is 57.6 Å². The van der Waals surface area contributed by atoms with Gasteiger partial charge in [-0.1, -0.05) is 13.3 Å². The number of hydrogen-bond donors (Lipinski definition) is 1. The van der Waals surface area contributed by atoms with Crippen molar-refractivity contribution >= 4 is 10.0 Å². The van der Waals surface area contributed by atoms with E-state index in [9.17, 15) is 8.42 Å². The highest BCUT2D eigenvalue weighted by Gasteiger charge is 2.29. The first-order valence-corrected chi connectivity index (χ1v) is 7.29. The molecule has 1 saturated heterocycles. The van der Waals surface area contributed by atoms with Crippen LogP contribution in [0.5, 0.6) is 0 Å². The largest absolute Gasteiger partial charge is 0.396 e. The molecule has 1 atom stereocenters. The van der Waals surface area contributed by atoms with Gasteiger partial charge in [0.25, 0.3) is 0 Å². The van der Waals surface area contributed by atoms with E-state index in [2.05, 4.69) is 6.92 Å². The number of unbranched alkanes of at least 4 members (excludes halogenated alkanes) is 1. The Balaban J connectivity index is 2.41. The van der Waals surface area contributed by atoms with Crippen LogP contribution in [0.1, 0.15) is 32.6 Å². The fourth-order valence-electron chi connectivity index (χ4n) is 1.91. The maximum absolute atomic E-state index is 11.8. The minimum atomic E-state index is -3.05. The Morgan fingerprint density at radius 1 is 1.40 bits per heavy atom. The second-order valence-corrected chi connectivity index (χ2v) is 6.26. The van der Waals surface area contributed by atoms with Gasteiger partial charge in [-0.15, -0.1) is 0 Å². The van der Waals surface area contributed by atoms with Crippen LogP contribution in [-0.2, 0) is 10.0 Å². The van der Waals surface area contributed by atoms with E-state index in [1.807, 2.05) is 0 Å². The Morgan fingerprint density at radius 2 is 2.13 bits per heavy atom. The molecule has 0 radical (unpaired) electrons. The highest BCUT2D eigenvalue weighted by Crippen LogP contribution is 2.22. The monoisotopic (exact) mass is 235 g/mol. The molecular weight excluding hydrogens is 214 g/mol. The molecule has 1 unspecified atom stereocenters. The van der Waals surface area contributed by atoms with Gasteiger partial charge < -0.3 is 5.11 Å². The van der Waals surface area contributed by atoms with Crippen LogP contribution in [0.3, 0.4) is 0 Å². The Hall–Kier alpha value is -0.130. The third-order valence-electron chi connectivity index (χ3n) is 3.03. The van der Waals surface area contributed by atoms with Crippen LogP contribution < -0.4 is 0 Å². The first-order chi connectivity index (χ1) is 7.10. The van der Waals surface area contributed by atoms with Crippen molar-refractivity contribution in [2.24, 2.45) is 5.92 Å². The van der Waals surface area contributed by atoms with Crippen molar-refractivity contribution in [2.45, 2.75) is 32.6 Å². The van der Waals surface area contributed by atoms with E-state index in [0.717, 1.165) is 12.8 Å². The summed E-state index contributed by atoms with van der Waals surface area (Å²) in [6.45, 7) is 3.55. The zero-order valence-corrected chi connectivity index (χ0v) is 10.2. The standard InChI is InChI=1S/C10H21NO3S/c1-2-10-5-6-11(9-10)15(13,14)8-4-3-7-12/h10,12H,2-9H2,1H3. The quantitative estimate of drug-likeness (QED) is 0.693. The van der Waals surface area contributed by atoms with Crippen molar-refractivity contribution in [1.82, 2.24) is 4.31 Å². The summed E-state index contributed by atoms with van der Waals surface area (Å²) in [6.07, 6.45) is 3.19. The summed E-state index contributed by atoms with van der Waals surface area (Å²) in [6, 6.07) is 0. The minimum Gasteiger partial charge on any atom is -0.396 e. The fraction of sp³-hybridized carbons (Fsp3) is 1.00. The molecule has 0 saturated carbocycles. The second-order valence-electron chi connectivity index (χ2n) is 4.17. The van der Waals surface area contributed by atoms with E-state index in [0.29, 0.717) is 31.8 Å². The molecule has 4 nitrogen and oxygen atoms in total. The van der Waals surface area contributed by atoms with Crippen LogP contribution >= 0.6 is 0 Å². The number of aliphatic hydroxyl groups excluding tert-OH is 1. The minimum absolute atomic E-state index is 0.0765. The SMILES string of the molecule is CCC1CCN(S(=O)(=O)CCCCO)C1. The normalized spacial score (nSPS) is 23.5. The Labute approximate surface area is 92.3 Å². The van der Waals surface area contributed by atoms with Crippen LogP contribution in [0.4, 0.5) is 0 Å². The smallest absolute Gasteiger partial charge is 0.214 e. The molecule has 90 valence electrons. The average molecular weight is 235 g/mol. The Kier molecular flexibility index (Phi) is 5.02. The molecule has 0 aliphatic carbocycles. The van der Waals surface area contributed by atoms with Gasteiger partial charge in [0.1, 0.15) is 0 Å². The molecule has 1 rings (SSSR count). The molecular formula is C10H21NO3S. The highest BCUT2D eigenvalue weighted by molar-refractivity contribution is 7.89. The first-order valence-electron chi connectivity index (χ1n) is 5.69. The van der Waals surface area contributed by atoms with E-state index in [-0.39, 0.29) is 12.4 Å². The lowest BCUT2D eigenvalue weighted by Gasteiger charge is -2.15. The van der Waals surface area contributed by atoms with Crippen LogP contribution in [0.25, 0.3) is 0 Å². The molecule has 0 aromatic rings. The molecule has 1 N–H and O–H groups in total. The maximum Gasteiger partial charge on any atom is 0.214 e. The number of rotatable bonds is 6. The summed E-state index contributed by atoms with van der Waals surface area (Å²) in [5.41, 5.74) is 0. The molecule has 1 heterocycles. The second kappa shape index (κ2) is 5.82. The summed E-state index contributed by atoms with van der Waals surface area (Å²) >= 11 is 0. The zero-order valence-electron chi connectivity index (χ0n) is 9.35. The molecule has 1 aliphatic heterocycles. The molecule has 1 fully saturated rings.